The molecule has 9 heteroatoms. The van der Waals surface area contributed by atoms with Crippen LogP contribution in [0.4, 0.5) is 5.95 Å². The predicted octanol–water partition coefficient (Wildman–Crippen LogP) is 4.29. The number of anilines is 1. The first-order chi connectivity index (χ1) is 15.7. The summed E-state index contributed by atoms with van der Waals surface area (Å²) >= 11 is 12.0. The Kier molecular flexibility index (Phi) is 5.98. The van der Waals surface area contributed by atoms with Crippen molar-refractivity contribution in [2.75, 3.05) is 31.1 Å². The summed E-state index contributed by atoms with van der Waals surface area (Å²) in [4.78, 5) is 13.3. The van der Waals surface area contributed by atoms with Gasteiger partial charge in [0.2, 0.25) is 10.7 Å². The largest absolute Gasteiger partial charge is 0.338 e. The van der Waals surface area contributed by atoms with E-state index >= 15 is 0 Å². The Balaban J connectivity index is 1.41. The summed E-state index contributed by atoms with van der Waals surface area (Å²) in [5, 5.41) is 5.60. The van der Waals surface area contributed by atoms with Crippen LogP contribution in [-0.2, 0) is 6.67 Å². The van der Waals surface area contributed by atoms with Crippen molar-refractivity contribution in [1.82, 2.24) is 29.2 Å². The quantitative estimate of drug-likeness (QED) is 0.411. The first kappa shape index (κ1) is 20.8. The zero-order chi connectivity index (χ0) is 21.9. The molecule has 0 amide bonds. The molecule has 7 nitrogen and oxygen atoms in total. The fourth-order valence-electron chi connectivity index (χ4n) is 3.83. The van der Waals surface area contributed by atoms with E-state index in [4.69, 9.17) is 28.9 Å². The summed E-state index contributed by atoms with van der Waals surface area (Å²) in [5.74, 6) is 1.59. The number of aromatic nitrogens is 5. The minimum Gasteiger partial charge on any atom is -0.338 e. The third-order valence-electron chi connectivity index (χ3n) is 5.50. The molecule has 162 valence electrons. The minimum atomic E-state index is 0.628. The van der Waals surface area contributed by atoms with Crippen molar-refractivity contribution < 1.29 is 0 Å². The molecular weight excluding hydrogens is 442 g/mol. The Labute approximate surface area is 196 Å². The maximum atomic E-state index is 6.11. The zero-order valence-corrected chi connectivity index (χ0v) is 19.0. The number of hydrogen-bond acceptors (Lipinski definition) is 6. The average molecular weight is 464 g/mol. The van der Waals surface area contributed by atoms with E-state index in [1.54, 1.807) is 12.4 Å². The normalized spacial score (nSPS) is 14.6. The van der Waals surface area contributed by atoms with Gasteiger partial charge in [0.1, 0.15) is 0 Å². The van der Waals surface area contributed by atoms with Crippen molar-refractivity contribution in [2.24, 2.45) is 0 Å². The van der Waals surface area contributed by atoms with Crippen LogP contribution in [0, 0.1) is 4.77 Å². The smallest absolute Gasteiger partial charge is 0.225 e. The number of nitrogens with zero attached hydrogens (tertiary/aromatic N) is 7. The molecule has 4 aromatic rings. The molecular formula is C23H22ClN7S. The van der Waals surface area contributed by atoms with Gasteiger partial charge in [0.05, 0.1) is 12.4 Å². The maximum Gasteiger partial charge on any atom is 0.225 e. The molecule has 0 saturated carbocycles. The van der Waals surface area contributed by atoms with Gasteiger partial charge >= 0.3 is 0 Å². The molecule has 0 N–H and O–H groups in total. The number of halogens is 1. The lowest BCUT2D eigenvalue weighted by atomic mass is 10.2. The van der Waals surface area contributed by atoms with Crippen molar-refractivity contribution in [2.45, 2.75) is 6.67 Å². The van der Waals surface area contributed by atoms with Crippen molar-refractivity contribution >= 4 is 29.8 Å². The van der Waals surface area contributed by atoms with Crippen LogP contribution in [0.5, 0.6) is 0 Å². The van der Waals surface area contributed by atoms with Crippen LogP contribution < -0.4 is 4.90 Å². The summed E-state index contributed by atoms with van der Waals surface area (Å²) in [6, 6.07) is 19.6. The van der Waals surface area contributed by atoms with E-state index in [9.17, 15) is 0 Å². The van der Waals surface area contributed by atoms with Crippen LogP contribution in [0.15, 0.2) is 73.1 Å². The van der Waals surface area contributed by atoms with E-state index in [1.807, 2.05) is 69.9 Å². The lowest BCUT2D eigenvalue weighted by Gasteiger charge is -2.34. The minimum absolute atomic E-state index is 0.628. The van der Waals surface area contributed by atoms with E-state index < -0.39 is 0 Å². The SMILES string of the molecule is S=c1n(CN2CCN(c3ncccn3)CC2)nc(-c2ccccc2)n1-c1ccc(Cl)cc1. The molecule has 0 atom stereocenters. The highest BCUT2D eigenvalue weighted by molar-refractivity contribution is 7.71. The van der Waals surface area contributed by atoms with Gasteiger partial charge < -0.3 is 4.90 Å². The van der Waals surface area contributed by atoms with Crippen LogP contribution in [0.25, 0.3) is 17.1 Å². The highest BCUT2D eigenvalue weighted by Gasteiger charge is 2.21. The Bertz CT molecular complexity index is 1230. The van der Waals surface area contributed by atoms with E-state index in [0.717, 1.165) is 49.2 Å². The summed E-state index contributed by atoms with van der Waals surface area (Å²) < 4.78 is 4.57. The number of piperazine rings is 1. The van der Waals surface area contributed by atoms with Gasteiger partial charge in [-0.25, -0.2) is 14.6 Å². The van der Waals surface area contributed by atoms with Gasteiger partial charge in [0.15, 0.2) is 5.82 Å². The Morgan fingerprint density at radius 2 is 1.53 bits per heavy atom. The van der Waals surface area contributed by atoms with Crippen molar-refractivity contribution in [3.05, 3.63) is 82.9 Å². The maximum absolute atomic E-state index is 6.11. The molecule has 0 bridgehead atoms. The highest BCUT2D eigenvalue weighted by atomic mass is 35.5. The molecule has 0 unspecified atom stereocenters. The second kappa shape index (κ2) is 9.20. The van der Waals surface area contributed by atoms with Gasteiger partial charge in [-0.3, -0.25) is 9.47 Å². The highest BCUT2D eigenvalue weighted by Crippen LogP contribution is 2.24. The van der Waals surface area contributed by atoms with Crippen molar-refractivity contribution in [3.8, 4) is 17.1 Å². The average Bonchev–Trinajstić information content (AvgIpc) is 3.17. The molecule has 0 aliphatic carbocycles. The lowest BCUT2D eigenvalue weighted by molar-refractivity contribution is 0.193. The topological polar surface area (TPSA) is 55.0 Å². The summed E-state index contributed by atoms with van der Waals surface area (Å²) in [7, 11) is 0. The molecule has 2 aromatic carbocycles. The van der Waals surface area contributed by atoms with Gasteiger partial charge in [-0.05, 0) is 42.5 Å². The third kappa shape index (κ3) is 4.29. The van der Waals surface area contributed by atoms with Crippen molar-refractivity contribution in [1.29, 1.82) is 0 Å². The summed E-state index contributed by atoms with van der Waals surface area (Å²) in [6.07, 6.45) is 3.56. The molecule has 3 heterocycles. The monoisotopic (exact) mass is 463 g/mol. The second-order valence-electron chi connectivity index (χ2n) is 7.58. The second-order valence-corrected chi connectivity index (χ2v) is 8.38. The molecule has 0 spiro atoms. The van der Waals surface area contributed by atoms with Crippen LogP contribution in [0.3, 0.4) is 0 Å². The van der Waals surface area contributed by atoms with Gasteiger partial charge in [0, 0.05) is 49.2 Å². The third-order valence-corrected chi connectivity index (χ3v) is 6.14. The van der Waals surface area contributed by atoms with E-state index in [1.165, 1.54) is 0 Å². The van der Waals surface area contributed by atoms with E-state index in [-0.39, 0.29) is 0 Å². The first-order valence-corrected chi connectivity index (χ1v) is 11.2. The Morgan fingerprint density at radius 1 is 0.844 bits per heavy atom. The van der Waals surface area contributed by atoms with Crippen LogP contribution >= 0.6 is 23.8 Å². The van der Waals surface area contributed by atoms with Crippen molar-refractivity contribution in [3.63, 3.8) is 0 Å². The van der Waals surface area contributed by atoms with Gasteiger partial charge in [-0.1, -0.05) is 41.9 Å². The van der Waals surface area contributed by atoms with Gasteiger partial charge in [-0.15, -0.1) is 5.10 Å². The summed E-state index contributed by atoms with van der Waals surface area (Å²) in [6.45, 7) is 4.12. The van der Waals surface area contributed by atoms with Gasteiger partial charge in [0.25, 0.3) is 0 Å². The Morgan fingerprint density at radius 3 is 2.22 bits per heavy atom. The predicted molar refractivity (Wildman–Crippen MR) is 129 cm³/mol. The summed E-state index contributed by atoms with van der Waals surface area (Å²) in [5.41, 5.74) is 1.95. The molecule has 1 aliphatic heterocycles. The number of hydrogen-bond donors (Lipinski definition) is 0. The van der Waals surface area contributed by atoms with Crippen LogP contribution in [-0.4, -0.2) is 55.4 Å². The number of rotatable bonds is 5. The molecule has 0 radical (unpaired) electrons. The molecule has 1 fully saturated rings. The fourth-order valence-corrected chi connectivity index (χ4v) is 4.25. The molecule has 2 aromatic heterocycles. The molecule has 5 rings (SSSR count). The molecule has 32 heavy (non-hydrogen) atoms. The molecule has 1 aliphatic rings. The first-order valence-electron chi connectivity index (χ1n) is 10.4. The van der Waals surface area contributed by atoms with E-state index in [0.29, 0.717) is 16.5 Å². The van der Waals surface area contributed by atoms with Crippen LogP contribution in [0.1, 0.15) is 0 Å². The standard InChI is InChI=1S/C23H22ClN7S/c24-19-7-9-20(10-8-19)31-21(18-5-2-1-3-6-18)27-30(23(31)32)17-28-13-15-29(16-14-28)22-25-11-4-12-26-22/h1-12H,13-17H2. The fraction of sp³-hybridized carbons (Fsp3) is 0.217. The van der Waals surface area contributed by atoms with Gasteiger partial charge in [-0.2, -0.15) is 0 Å². The lowest BCUT2D eigenvalue weighted by Crippen LogP contribution is -2.47. The molecule has 1 saturated heterocycles. The van der Waals surface area contributed by atoms with E-state index in [2.05, 4.69) is 19.8 Å². The van der Waals surface area contributed by atoms with Crippen LogP contribution in [0.2, 0.25) is 5.02 Å². The zero-order valence-electron chi connectivity index (χ0n) is 17.4. The Hall–Kier alpha value is -3.07. The number of benzene rings is 2.